The minimum Gasteiger partial charge on any atom is -0.211 e. The fraction of sp³-hybridized carbons (Fsp3) is 0.818. The summed E-state index contributed by atoms with van der Waals surface area (Å²) >= 11 is 0. The molecule has 1 unspecified atom stereocenters. The molecule has 0 aromatic rings. The third-order valence-corrected chi connectivity index (χ3v) is 2.46. The molecule has 0 N–H and O–H groups in total. The second-order valence-corrected chi connectivity index (χ2v) is 3.88. The lowest BCUT2D eigenvalue weighted by atomic mass is 9.91. The Morgan fingerprint density at radius 2 is 1.87 bits per heavy atom. The molecule has 0 fully saturated rings. The highest BCUT2D eigenvalue weighted by Gasteiger charge is 2.22. The van der Waals surface area contributed by atoms with Gasteiger partial charge in [-0.25, -0.2) is 14.6 Å². The van der Waals surface area contributed by atoms with Crippen molar-refractivity contribution in [2.45, 2.75) is 51.5 Å². The van der Waals surface area contributed by atoms with Crippen molar-refractivity contribution in [3.8, 4) is 0 Å². The second-order valence-electron chi connectivity index (χ2n) is 3.88. The first-order valence-electron chi connectivity index (χ1n) is 5.31. The fourth-order valence-corrected chi connectivity index (χ4v) is 1.45. The number of unbranched alkanes of at least 4 members (excludes halogenated alkanes) is 2. The van der Waals surface area contributed by atoms with Crippen molar-refractivity contribution in [3.05, 3.63) is 0 Å². The van der Waals surface area contributed by atoms with E-state index in [1.165, 1.54) is 6.08 Å². The number of hydrogen-bond donors (Lipinski definition) is 0. The molecule has 0 heterocycles. The zero-order chi connectivity index (χ0) is 11.6. The largest absolute Gasteiger partial charge is 0.235 e. The first-order valence-corrected chi connectivity index (χ1v) is 5.31. The summed E-state index contributed by atoms with van der Waals surface area (Å²) in [5.41, 5.74) is -0.419. The smallest absolute Gasteiger partial charge is 0.211 e. The maximum Gasteiger partial charge on any atom is 0.235 e. The number of nitrogens with zero attached hydrogens (tertiary/aromatic N) is 2. The summed E-state index contributed by atoms with van der Waals surface area (Å²) in [7, 11) is 0. The Bertz CT molecular complexity index is 266. The molecule has 0 saturated carbocycles. The molecule has 1 atom stereocenters. The summed E-state index contributed by atoms with van der Waals surface area (Å²) < 4.78 is 0. The van der Waals surface area contributed by atoms with Gasteiger partial charge in [0.1, 0.15) is 0 Å². The van der Waals surface area contributed by atoms with Crippen molar-refractivity contribution in [2.24, 2.45) is 9.98 Å². The van der Waals surface area contributed by atoms with Gasteiger partial charge in [-0.15, -0.1) is 0 Å². The second kappa shape index (κ2) is 8.10. The topological polar surface area (TPSA) is 58.9 Å². The van der Waals surface area contributed by atoms with E-state index in [1.54, 1.807) is 6.08 Å². The Hall–Kier alpha value is -1.24. The average Bonchev–Trinajstić information content (AvgIpc) is 2.19. The van der Waals surface area contributed by atoms with E-state index in [0.29, 0.717) is 13.0 Å². The molecule has 15 heavy (non-hydrogen) atoms. The van der Waals surface area contributed by atoms with Gasteiger partial charge in [0.25, 0.3) is 0 Å². The van der Waals surface area contributed by atoms with E-state index in [-0.39, 0.29) is 0 Å². The van der Waals surface area contributed by atoms with Crippen molar-refractivity contribution in [2.75, 3.05) is 6.54 Å². The zero-order valence-corrected chi connectivity index (χ0v) is 9.45. The molecule has 0 saturated heterocycles. The molecule has 0 aromatic heterocycles. The predicted molar refractivity (Wildman–Crippen MR) is 58.3 cm³/mol. The van der Waals surface area contributed by atoms with Crippen LogP contribution >= 0.6 is 0 Å². The Balaban J connectivity index is 4.17. The highest BCUT2D eigenvalue weighted by atomic mass is 16.1. The molecule has 0 aliphatic rings. The molecule has 0 radical (unpaired) electrons. The van der Waals surface area contributed by atoms with Crippen LogP contribution in [0.15, 0.2) is 9.98 Å². The molecule has 4 heteroatoms. The standard InChI is InChI=1S/C11H18N2O2/c1-3-4-5-6-11(2,13-10-15)7-8-12-9-14/h3-8H2,1-2H3. The van der Waals surface area contributed by atoms with Gasteiger partial charge in [0, 0.05) is 0 Å². The summed E-state index contributed by atoms with van der Waals surface area (Å²) in [5.74, 6) is 0. The minimum atomic E-state index is -0.419. The number of aliphatic imine (C=N–C) groups is 2. The van der Waals surface area contributed by atoms with Crippen LogP contribution in [0, 0.1) is 0 Å². The first-order chi connectivity index (χ1) is 7.18. The van der Waals surface area contributed by atoms with Gasteiger partial charge in [0.15, 0.2) is 0 Å². The maximum atomic E-state index is 10.3. The maximum absolute atomic E-state index is 10.3. The third kappa shape index (κ3) is 6.78. The van der Waals surface area contributed by atoms with E-state index in [9.17, 15) is 9.59 Å². The molecule has 0 bridgehead atoms. The number of rotatable bonds is 8. The van der Waals surface area contributed by atoms with Crippen LogP contribution < -0.4 is 0 Å². The lowest BCUT2D eigenvalue weighted by Crippen LogP contribution is -2.23. The van der Waals surface area contributed by atoms with E-state index in [1.807, 2.05) is 6.92 Å². The number of hydrogen-bond acceptors (Lipinski definition) is 4. The predicted octanol–water partition coefficient (Wildman–Crippen LogP) is 2.39. The highest BCUT2D eigenvalue weighted by Crippen LogP contribution is 2.22. The average molecular weight is 210 g/mol. The van der Waals surface area contributed by atoms with Gasteiger partial charge in [-0.05, 0) is 19.8 Å². The van der Waals surface area contributed by atoms with Crippen LogP contribution in [0.2, 0.25) is 0 Å². The van der Waals surface area contributed by atoms with Crippen LogP contribution in [0.5, 0.6) is 0 Å². The molecule has 4 nitrogen and oxygen atoms in total. The minimum absolute atomic E-state index is 0.372. The Morgan fingerprint density at radius 1 is 1.13 bits per heavy atom. The molecule has 0 rings (SSSR count). The van der Waals surface area contributed by atoms with E-state index in [0.717, 1.165) is 25.7 Å². The van der Waals surface area contributed by atoms with Crippen molar-refractivity contribution in [3.63, 3.8) is 0 Å². The van der Waals surface area contributed by atoms with E-state index in [2.05, 4.69) is 16.9 Å². The van der Waals surface area contributed by atoms with Crippen LogP contribution in [0.4, 0.5) is 0 Å². The van der Waals surface area contributed by atoms with Gasteiger partial charge < -0.3 is 0 Å². The fourth-order valence-electron chi connectivity index (χ4n) is 1.45. The molecular formula is C11H18N2O2. The van der Waals surface area contributed by atoms with Gasteiger partial charge in [0.2, 0.25) is 12.2 Å². The Kier molecular flexibility index (Phi) is 7.43. The lowest BCUT2D eigenvalue weighted by Gasteiger charge is -2.21. The molecular weight excluding hydrogens is 192 g/mol. The van der Waals surface area contributed by atoms with E-state index >= 15 is 0 Å². The molecule has 0 amide bonds. The highest BCUT2D eigenvalue weighted by molar-refractivity contribution is 5.35. The first kappa shape index (κ1) is 13.8. The Morgan fingerprint density at radius 3 is 2.40 bits per heavy atom. The molecule has 0 spiro atoms. The normalized spacial score (nSPS) is 13.5. The van der Waals surface area contributed by atoms with Crippen LogP contribution in [-0.4, -0.2) is 24.2 Å². The molecule has 0 aromatic carbocycles. The zero-order valence-electron chi connectivity index (χ0n) is 9.45. The summed E-state index contributed by atoms with van der Waals surface area (Å²) in [6.07, 6.45) is 7.81. The SMILES string of the molecule is CCCCCC(C)(CCN=C=O)N=C=O. The van der Waals surface area contributed by atoms with Gasteiger partial charge in [-0.3, -0.25) is 0 Å². The summed E-state index contributed by atoms with van der Waals surface area (Å²) in [5, 5.41) is 0. The summed E-state index contributed by atoms with van der Waals surface area (Å²) in [6.45, 7) is 4.39. The van der Waals surface area contributed by atoms with Crippen LogP contribution in [0.25, 0.3) is 0 Å². The third-order valence-electron chi connectivity index (χ3n) is 2.46. The molecule has 84 valence electrons. The van der Waals surface area contributed by atoms with Crippen molar-refractivity contribution >= 4 is 12.2 Å². The molecule has 0 aliphatic heterocycles. The summed E-state index contributed by atoms with van der Waals surface area (Å²) in [4.78, 5) is 27.5. The number of carbonyl (C=O) groups excluding carboxylic acids is 2. The monoisotopic (exact) mass is 210 g/mol. The van der Waals surface area contributed by atoms with E-state index < -0.39 is 5.54 Å². The van der Waals surface area contributed by atoms with Gasteiger partial charge in [-0.1, -0.05) is 26.2 Å². The van der Waals surface area contributed by atoms with Crippen LogP contribution in [-0.2, 0) is 9.59 Å². The van der Waals surface area contributed by atoms with Crippen molar-refractivity contribution < 1.29 is 9.59 Å². The van der Waals surface area contributed by atoms with Crippen molar-refractivity contribution in [1.82, 2.24) is 0 Å². The summed E-state index contributed by atoms with van der Waals surface area (Å²) in [6, 6.07) is 0. The van der Waals surface area contributed by atoms with Gasteiger partial charge >= 0.3 is 0 Å². The number of isocyanates is 2. The van der Waals surface area contributed by atoms with Crippen LogP contribution in [0.3, 0.4) is 0 Å². The van der Waals surface area contributed by atoms with Crippen LogP contribution in [0.1, 0.15) is 46.0 Å². The van der Waals surface area contributed by atoms with Gasteiger partial charge in [-0.2, -0.15) is 4.99 Å². The lowest BCUT2D eigenvalue weighted by molar-refractivity contribution is 0.389. The quantitative estimate of drug-likeness (QED) is 0.351. The van der Waals surface area contributed by atoms with E-state index in [4.69, 9.17) is 0 Å². The van der Waals surface area contributed by atoms with Gasteiger partial charge in [0.05, 0.1) is 12.1 Å². The Labute approximate surface area is 90.5 Å². The molecule has 0 aliphatic carbocycles. The van der Waals surface area contributed by atoms with Crippen molar-refractivity contribution in [1.29, 1.82) is 0 Å².